The van der Waals surface area contributed by atoms with Crippen molar-refractivity contribution in [3.63, 3.8) is 0 Å². The summed E-state index contributed by atoms with van der Waals surface area (Å²) in [6, 6.07) is 3.79. The highest BCUT2D eigenvalue weighted by Gasteiger charge is 2.32. The molecule has 0 bridgehead atoms. The highest BCUT2D eigenvalue weighted by Crippen LogP contribution is 2.29. The number of hydrogen-bond donors (Lipinski definition) is 2. The van der Waals surface area contributed by atoms with Crippen LogP contribution in [-0.4, -0.2) is 33.6 Å². The van der Waals surface area contributed by atoms with Crippen LogP contribution in [0.1, 0.15) is 53.0 Å². The number of nitrogens with zero attached hydrogens (tertiary/aromatic N) is 2. The second-order valence-corrected chi connectivity index (χ2v) is 7.03. The lowest BCUT2D eigenvalue weighted by atomic mass is 10.0. The average Bonchev–Trinajstić information content (AvgIpc) is 3.31. The van der Waals surface area contributed by atoms with Crippen molar-refractivity contribution >= 4 is 5.91 Å². The van der Waals surface area contributed by atoms with Crippen molar-refractivity contribution in [2.24, 2.45) is 0 Å². The molecule has 4 rings (SSSR count). The van der Waals surface area contributed by atoms with Gasteiger partial charge in [-0.25, -0.2) is 8.78 Å². The van der Waals surface area contributed by atoms with E-state index in [1.807, 2.05) is 0 Å². The molecule has 5 nitrogen and oxygen atoms in total. The van der Waals surface area contributed by atoms with Crippen LogP contribution in [0.15, 0.2) is 18.2 Å². The third-order valence-electron chi connectivity index (χ3n) is 5.43. The van der Waals surface area contributed by atoms with Gasteiger partial charge in [-0.15, -0.1) is 0 Å². The van der Waals surface area contributed by atoms with E-state index in [-0.39, 0.29) is 24.1 Å². The Hall–Kier alpha value is -2.28. The van der Waals surface area contributed by atoms with Crippen LogP contribution in [0.4, 0.5) is 8.78 Å². The van der Waals surface area contributed by atoms with Crippen molar-refractivity contribution in [3.05, 3.63) is 52.3 Å². The predicted molar refractivity (Wildman–Crippen MR) is 92.5 cm³/mol. The number of rotatable bonds is 4. The molecule has 138 valence electrons. The van der Waals surface area contributed by atoms with Crippen LogP contribution in [0.25, 0.3) is 0 Å². The standard InChI is InChI=1S/C19H22F2N4O/c20-15-6-3-7-16(21)14(15)11-25(12-4-1-2-5-12)19(26)18-13-10-22-9-8-17(13)23-24-18/h3,6-7,12,22H,1-2,4-5,8-11H2,(H,23,24). The maximum Gasteiger partial charge on any atom is 0.275 e. The predicted octanol–water partition coefficient (Wildman–Crippen LogP) is 2.92. The highest BCUT2D eigenvalue weighted by atomic mass is 19.1. The Morgan fingerprint density at radius 1 is 1.23 bits per heavy atom. The average molecular weight is 360 g/mol. The molecule has 0 unspecified atom stereocenters. The molecule has 0 saturated heterocycles. The summed E-state index contributed by atoms with van der Waals surface area (Å²) in [4.78, 5) is 14.9. The third-order valence-corrected chi connectivity index (χ3v) is 5.43. The van der Waals surface area contributed by atoms with Crippen LogP contribution in [0.5, 0.6) is 0 Å². The second-order valence-electron chi connectivity index (χ2n) is 7.03. The first kappa shape index (κ1) is 17.1. The van der Waals surface area contributed by atoms with Gasteiger partial charge in [0.2, 0.25) is 0 Å². The van der Waals surface area contributed by atoms with E-state index in [0.29, 0.717) is 12.2 Å². The number of aromatic nitrogens is 2. The number of nitrogens with one attached hydrogen (secondary N) is 2. The summed E-state index contributed by atoms with van der Waals surface area (Å²) in [5.41, 5.74) is 2.15. The fraction of sp³-hybridized carbons (Fsp3) is 0.474. The van der Waals surface area contributed by atoms with E-state index >= 15 is 0 Å². The van der Waals surface area contributed by atoms with Gasteiger partial charge < -0.3 is 10.2 Å². The summed E-state index contributed by atoms with van der Waals surface area (Å²) in [5.74, 6) is -1.49. The van der Waals surface area contributed by atoms with E-state index in [4.69, 9.17) is 0 Å². The first-order valence-corrected chi connectivity index (χ1v) is 9.16. The van der Waals surface area contributed by atoms with Crippen LogP contribution in [0.3, 0.4) is 0 Å². The molecule has 0 atom stereocenters. The molecule has 26 heavy (non-hydrogen) atoms. The zero-order chi connectivity index (χ0) is 18.1. The van der Waals surface area contributed by atoms with Gasteiger partial charge in [0.05, 0.1) is 6.54 Å². The first-order valence-electron chi connectivity index (χ1n) is 9.16. The zero-order valence-electron chi connectivity index (χ0n) is 14.5. The van der Waals surface area contributed by atoms with Crippen molar-refractivity contribution in [1.29, 1.82) is 0 Å². The molecule has 1 saturated carbocycles. The smallest absolute Gasteiger partial charge is 0.275 e. The zero-order valence-corrected chi connectivity index (χ0v) is 14.5. The summed E-state index contributed by atoms with van der Waals surface area (Å²) in [6.45, 7) is 1.35. The molecule has 1 aliphatic carbocycles. The fourth-order valence-corrected chi connectivity index (χ4v) is 3.97. The molecule has 2 aromatic rings. The Bertz CT molecular complexity index is 794. The molecule has 2 N–H and O–H groups in total. The summed E-state index contributed by atoms with van der Waals surface area (Å²) < 4.78 is 28.3. The minimum atomic E-state index is -0.619. The van der Waals surface area contributed by atoms with Gasteiger partial charge >= 0.3 is 0 Å². The molecule has 1 fully saturated rings. The number of benzene rings is 1. The lowest BCUT2D eigenvalue weighted by molar-refractivity contribution is 0.0652. The number of carbonyl (C=O) groups is 1. The number of amides is 1. The van der Waals surface area contributed by atoms with Crippen molar-refractivity contribution in [2.45, 2.75) is 51.2 Å². The van der Waals surface area contributed by atoms with Gasteiger partial charge in [0.1, 0.15) is 11.6 Å². The molecule has 1 aromatic heterocycles. The van der Waals surface area contributed by atoms with E-state index < -0.39 is 11.6 Å². The number of hydrogen-bond acceptors (Lipinski definition) is 3. The van der Waals surface area contributed by atoms with Crippen molar-refractivity contribution in [1.82, 2.24) is 20.4 Å². The third kappa shape index (κ3) is 3.11. The summed E-state index contributed by atoms with van der Waals surface area (Å²) >= 11 is 0. The number of H-pyrrole nitrogens is 1. The Morgan fingerprint density at radius 3 is 2.69 bits per heavy atom. The fourth-order valence-electron chi connectivity index (χ4n) is 3.97. The molecular formula is C19H22F2N4O. The van der Waals surface area contributed by atoms with E-state index in [2.05, 4.69) is 15.5 Å². The van der Waals surface area contributed by atoms with Gasteiger partial charge in [-0.05, 0) is 25.0 Å². The van der Waals surface area contributed by atoms with Gasteiger partial charge in [0.25, 0.3) is 5.91 Å². The quantitative estimate of drug-likeness (QED) is 0.881. The van der Waals surface area contributed by atoms with Gasteiger partial charge in [0.15, 0.2) is 5.69 Å². The Labute approximate surface area is 150 Å². The lowest BCUT2D eigenvalue weighted by Gasteiger charge is -2.29. The monoisotopic (exact) mass is 360 g/mol. The maximum atomic E-state index is 14.2. The summed E-state index contributed by atoms with van der Waals surface area (Å²) in [6.07, 6.45) is 4.54. The minimum absolute atomic E-state index is 0.00888. The molecular weight excluding hydrogens is 338 g/mol. The summed E-state index contributed by atoms with van der Waals surface area (Å²) in [7, 11) is 0. The van der Waals surface area contributed by atoms with Crippen LogP contribution >= 0.6 is 0 Å². The molecule has 2 heterocycles. The van der Waals surface area contributed by atoms with Gasteiger partial charge in [-0.3, -0.25) is 9.89 Å². The van der Waals surface area contributed by atoms with Gasteiger partial charge in [-0.1, -0.05) is 18.9 Å². The molecule has 1 amide bonds. The highest BCUT2D eigenvalue weighted by molar-refractivity contribution is 5.94. The molecule has 0 spiro atoms. The maximum absolute atomic E-state index is 14.2. The van der Waals surface area contributed by atoms with Crippen LogP contribution < -0.4 is 5.32 Å². The number of aromatic amines is 1. The first-order chi connectivity index (χ1) is 12.6. The molecule has 2 aliphatic rings. The van der Waals surface area contributed by atoms with Gasteiger partial charge in [-0.2, -0.15) is 5.10 Å². The number of fused-ring (bicyclic) bond motifs is 1. The molecule has 1 aliphatic heterocycles. The van der Waals surface area contributed by atoms with Crippen LogP contribution in [0, 0.1) is 11.6 Å². The topological polar surface area (TPSA) is 61.0 Å². The van der Waals surface area contributed by atoms with Crippen LogP contribution in [-0.2, 0) is 19.5 Å². The Kier molecular flexibility index (Phi) is 4.72. The number of halogens is 2. The summed E-state index contributed by atoms with van der Waals surface area (Å²) in [5, 5.41) is 10.4. The SMILES string of the molecule is O=C(c1n[nH]c2c1CNCC2)N(Cc1c(F)cccc1F)C1CCCC1. The minimum Gasteiger partial charge on any atom is -0.330 e. The molecule has 0 radical (unpaired) electrons. The van der Waals surface area contributed by atoms with Gasteiger partial charge in [0, 0.05) is 42.4 Å². The van der Waals surface area contributed by atoms with Crippen LogP contribution in [0.2, 0.25) is 0 Å². The lowest BCUT2D eigenvalue weighted by Crippen LogP contribution is -2.40. The number of carbonyl (C=O) groups excluding carboxylic acids is 1. The molecule has 7 heteroatoms. The molecule has 1 aromatic carbocycles. The van der Waals surface area contributed by atoms with Crippen molar-refractivity contribution < 1.29 is 13.6 Å². The van der Waals surface area contributed by atoms with E-state index in [1.165, 1.54) is 18.2 Å². The van der Waals surface area contributed by atoms with E-state index in [1.54, 1.807) is 4.90 Å². The largest absolute Gasteiger partial charge is 0.330 e. The van der Waals surface area contributed by atoms with Crippen molar-refractivity contribution in [3.8, 4) is 0 Å². The Balaban J connectivity index is 1.67. The van der Waals surface area contributed by atoms with E-state index in [9.17, 15) is 13.6 Å². The second kappa shape index (κ2) is 7.15. The normalized spacial score (nSPS) is 17.3. The van der Waals surface area contributed by atoms with Crippen molar-refractivity contribution in [2.75, 3.05) is 6.54 Å². The van der Waals surface area contributed by atoms with E-state index in [0.717, 1.165) is 49.9 Å². The Morgan fingerprint density at radius 2 is 1.96 bits per heavy atom.